The van der Waals surface area contributed by atoms with E-state index < -0.39 is 0 Å². The highest BCUT2D eigenvalue weighted by Crippen LogP contribution is 2.04. The fourth-order valence-corrected chi connectivity index (χ4v) is 1.63. The van der Waals surface area contributed by atoms with Gasteiger partial charge in [0.2, 0.25) is 5.91 Å². The number of amides is 1. The molecule has 2 N–H and O–H groups in total. The minimum absolute atomic E-state index is 0.201. The van der Waals surface area contributed by atoms with Crippen molar-refractivity contribution in [1.82, 2.24) is 10.6 Å². The number of thioether (sulfide) groups is 1. The molecular weight excluding hydrogens is 172 g/mol. The molecular formula is C8H16N2OS. The third kappa shape index (κ3) is 3.45. The quantitative estimate of drug-likeness (QED) is 0.606. The molecule has 1 rings (SSSR count). The van der Waals surface area contributed by atoms with Gasteiger partial charge in [-0.3, -0.25) is 4.79 Å². The zero-order valence-electron chi connectivity index (χ0n) is 7.43. The van der Waals surface area contributed by atoms with Gasteiger partial charge < -0.3 is 10.6 Å². The average Bonchev–Trinajstić information content (AvgIpc) is 2.45. The van der Waals surface area contributed by atoms with Crippen LogP contribution in [0.4, 0.5) is 0 Å². The molecule has 1 saturated heterocycles. The smallest absolute Gasteiger partial charge is 0.220 e. The van der Waals surface area contributed by atoms with Gasteiger partial charge in [0, 0.05) is 31.3 Å². The Labute approximate surface area is 77.7 Å². The van der Waals surface area contributed by atoms with Gasteiger partial charge in [0.25, 0.3) is 0 Å². The van der Waals surface area contributed by atoms with Crippen molar-refractivity contribution in [3.63, 3.8) is 0 Å². The molecule has 0 aromatic heterocycles. The van der Waals surface area contributed by atoms with Gasteiger partial charge in [-0.15, -0.1) is 0 Å². The molecule has 70 valence electrons. The standard InChI is InChI=1S/C8H16N2OS/c1-12-5-4-9-6-7-2-3-8(11)10-7/h7,9H,2-6H2,1H3,(H,10,11). The van der Waals surface area contributed by atoms with E-state index in [9.17, 15) is 4.79 Å². The second-order valence-corrected chi connectivity index (χ2v) is 3.99. The highest BCUT2D eigenvalue weighted by Gasteiger charge is 2.19. The van der Waals surface area contributed by atoms with Gasteiger partial charge in [-0.25, -0.2) is 0 Å². The number of carbonyl (C=O) groups is 1. The maximum atomic E-state index is 10.8. The topological polar surface area (TPSA) is 41.1 Å². The third-order valence-corrected chi connectivity index (χ3v) is 2.57. The largest absolute Gasteiger partial charge is 0.352 e. The minimum atomic E-state index is 0.201. The van der Waals surface area contributed by atoms with Crippen molar-refractivity contribution in [3.05, 3.63) is 0 Å². The van der Waals surface area contributed by atoms with E-state index in [1.54, 1.807) is 0 Å². The summed E-state index contributed by atoms with van der Waals surface area (Å²) < 4.78 is 0. The van der Waals surface area contributed by atoms with E-state index in [0.29, 0.717) is 12.5 Å². The van der Waals surface area contributed by atoms with Gasteiger partial charge >= 0.3 is 0 Å². The van der Waals surface area contributed by atoms with Crippen LogP contribution in [0, 0.1) is 0 Å². The minimum Gasteiger partial charge on any atom is -0.352 e. The second-order valence-electron chi connectivity index (χ2n) is 3.00. The molecule has 1 aliphatic heterocycles. The lowest BCUT2D eigenvalue weighted by Gasteiger charge is -2.10. The number of hydrogen-bond donors (Lipinski definition) is 2. The van der Waals surface area contributed by atoms with Crippen LogP contribution in [0.3, 0.4) is 0 Å². The summed E-state index contributed by atoms with van der Waals surface area (Å²) >= 11 is 1.83. The molecule has 0 saturated carbocycles. The van der Waals surface area contributed by atoms with Crippen LogP contribution in [0.25, 0.3) is 0 Å². The lowest BCUT2D eigenvalue weighted by Crippen LogP contribution is -2.36. The van der Waals surface area contributed by atoms with Gasteiger partial charge in [-0.1, -0.05) is 0 Å². The van der Waals surface area contributed by atoms with Crippen molar-refractivity contribution in [2.75, 3.05) is 25.1 Å². The molecule has 3 nitrogen and oxygen atoms in total. The third-order valence-electron chi connectivity index (χ3n) is 1.96. The fraction of sp³-hybridized carbons (Fsp3) is 0.875. The summed E-state index contributed by atoms with van der Waals surface area (Å²) in [5.41, 5.74) is 0. The van der Waals surface area contributed by atoms with Crippen LogP contribution in [-0.2, 0) is 4.79 Å². The van der Waals surface area contributed by atoms with Crippen LogP contribution in [0.15, 0.2) is 0 Å². The van der Waals surface area contributed by atoms with E-state index in [4.69, 9.17) is 0 Å². The van der Waals surface area contributed by atoms with Crippen molar-refractivity contribution in [2.24, 2.45) is 0 Å². The van der Waals surface area contributed by atoms with Crippen LogP contribution in [0.5, 0.6) is 0 Å². The number of nitrogens with one attached hydrogen (secondary N) is 2. The lowest BCUT2D eigenvalue weighted by molar-refractivity contribution is -0.119. The van der Waals surface area contributed by atoms with Crippen molar-refractivity contribution >= 4 is 17.7 Å². The molecule has 1 aliphatic rings. The molecule has 1 atom stereocenters. The summed E-state index contributed by atoms with van der Waals surface area (Å²) in [7, 11) is 0. The predicted octanol–water partition coefficient (Wildman–Crippen LogP) is 0.218. The first kappa shape index (κ1) is 9.86. The first-order chi connectivity index (χ1) is 5.83. The number of hydrogen-bond acceptors (Lipinski definition) is 3. The Bertz CT molecular complexity index is 152. The second kappa shape index (κ2) is 5.43. The molecule has 1 fully saturated rings. The SMILES string of the molecule is CSCCNCC1CCC(=O)N1. The van der Waals surface area contributed by atoms with Crippen LogP contribution < -0.4 is 10.6 Å². The Morgan fingerprint density at radius 2 is 2.58 bits per heavy atom. The van der Waals surface area contributed by atoms with E-state index in [-0.39, 0.29) is 5.91 Å². The summed E-state index contributed by atoms with van der Waals surface area (Å²) in [6.45, 7) is 1.96. The summed E-state index contributed by atoms with van der Waals surface area (Å²) in [4.78, 5) is 10.8. The first-order valence-electron chi connectivity index (χ1n) is 4.32. The monoisotopic (exact) mass is 188 g/mol. The normalized spacial score (nSPS) is 22.8. The Kier molecular flexibility index (Phi) is 4.46. The summed E-state index contributed by atoms with van der Waals surface area (Å²) in [6.07, 6.45) is 3.79. The molecule has 0 spiro atoms. The molecule has 0 aliphatic carbocycles. The van der Waals surface area contributed by atoms with Gasteiger partial charge in [-0.05, 0) is 12.7 Å². The van der Waals surface area contributed by atoms with E-state index in [2.05, 4.69) is 16.9 Å². The summed E-state index contributed by atoms with van der Waals surface area (Å²) in [5.74, 6) is 1.34. The first-order valence-corrected chi connectivity index (χ1v) is 5.71. The molecule has 4 heteroatoms. The molecule has 1 amide bonds. The molecule has 1 heterocycles. The molecule has 1 unspecified atom stereocenters. The van der Waals surface area contributed by atoms with Crippen molar-refractivity contribution < 1.29 is 4.79 Å². The highest BCUT2D eigenvalue weighted by molar-refractivity contribution is 7.98. The molecule has 0 radical (unpaired) electrons. The molecule has 0 aromatic carbocycles. The maximum absolute atomic E-state index is 10.8. The number of carbonyl (C=O) groups excluding carboxylic acids is 1. The predicted molar refractivity (Wildman–Crippen MR) is 52.4 cm³/mol. The zero-order valence-corrected chi connectivity index (χ0v) is 8.25. The summed E-state index contributed by atoms with van der Waals surface area (Å²) in [5, 5.41) is 6.24. The summed E-state index contributed by atoms with van der Waals surface area (Å²) in [6, 6.07) is 0.374. The zero-order chi connectivity index (χ0) is 8.81. The van der Waals surface area contributed by atoms with E-state index >= 15 is 0 Å². The van der Waals surface area contributed by atoms with Crippen LogP contribution in [0.2, 0.25) is 0 Å². The molecule has 12 heavy (non-hydrogen) atoms. The Hall–Kier alpha value is -0.220. The van der Waals surface area contributed by atoms with E-state index in [0.717, 1.165) is 25.3 Å². The number of rotatable bonds is 5. The van der Waals surface area contributed by atoms with Crippen molar-refractivity contribution in [2.45, 2.75) is 18.9 Å². The van der Waals surface area contributed by atoms with Crippen LogP contribution in [-0.4, -0.2) is 37.0 Å². The maximum Gasteiger partial charge on any atom is 0.220 e. The van der Waals surface area contributed by atoms with Crippen LogP contribution in [0.1, 0.15) is 12.8 Å². The highest BCUT2D eigenvalue weighted by atomic mass is 32.2. The van der Waals surface area contributed by atoms with E-state index in [1.807, 2.05) is 11.8 Å². The van der Waals surface area contributed by atoms with Gasteiger partial charge in [0.15, 0.2) is 0 Å². The Balaban J connectivity index is 1.97. The van der Waals surface area contributed by atoms with Gasteiger partial charge in [-0.2, -0.15) is 11.8 Å². The van der Waals surface area contributed by atoms with Gasteiger partial charge in [0.1, 0.15) is 0 Å². The molecule has 0 bridgehead atoms. The fourth-order valence-electron chi connectivity index (χ4n) is 1.28. The average molecular weight is 188 g/mol. The lowest BCUT2D eigenvalue weighted by atomic mass is 10.2. The van der Waals surface area contributed by atoms with Gasteiger partial charge in [0.05, 0.1) is 0 Å². The van der Waals surface area contributed by atoms with E-state index in [1.165, 1.54) is 0 Å². The Morgan fingerprint density at radius 3 is 3.17 bits per heavy atom. The Morgan fingerprint density at radius 1 is 1.75 bits per heavy atom. The van der Waals surface area contributed by atoms with Crippen molar-refractivity contribution in [1.29, 1.82) is 0 Å². The van der Waals surface area contributed by atoms with Crippen LogP contribution >= 0.6 is 11.8 Å². The van der Waals surface area contributed by atoms with Crippen molar-refractivity contribution in [3.8, 4) is 0 Å². The molecule has 0 aromatic rings.